The third-order valence-electron chi connectivity index (χ3n) is 6.62. The minimum Gasteiger partial charge on any atom is -0.100 e. The monoisotopic (exact) mass is 262 g/mol. The summed E-state index contributed by atoms with van der Waals surface area (Å²) in [5.41, 5.74) is 2.03. The Hall–Kier alpha value is -0.260. The number of rotatable bonds is 5. The highest BCUT2D eigenvalue weighted by atomic mass is 14.6. The van der Waals surface area contributed by atoms with E-state index >= 15 is 0 Å². The van der Waals surface area contributed by atoms with E-state index in [1.807, 2.05) is 0 Å². The second-order valence-corrected chi connectivity index (χ2v) is 7.82. The standard InChI is InChI=1S/C19H34/c1-6-17-15(4)12-13-19(5)16(10-11-18(17)19)9-7-8-14(2)3/h15-18H,2,6-13H2,1,3-5H3. The van der Waals surface area contributed by atoms with Crippen molar-refractivity contribution in [1.82, 2.24) is 0 Å². The van der Waals surface area contributed by atoms with Crippen molar-refractivity contribution >= 4 is 0 Å². The van der Waals surface area contributed by atoms with Gasteiger partial charge in [-0.25, -0.2) is 0 Å². The number of hydrogen-bond acceptors (Lipinski definition) is 0. The topological polar surface area (TPSA) is 0 Å². The summed E-state index contributed by atoms with van der Waals surface area (Å²) in [7, 11) is 0. The van der Waals surface area contributed by atoms with Crippen LogP contribution in [0.2, 0.25) is 0 Å². The molecule has 0 saturated heterocycles. The Kier molecular flexibility index (Phi) is 4.79. The second-order valence-electron chi connectivity index (χ2n) is 7.82. The van der Waals surface area contributed by atoms with Gasteiger partial charge >= 0.3 is 0 Å². The van der Waals surface area contributed by atoms with Crippen LogP contribution in [0.1, 0.15) is 79.1 Å². The van der Waals surface area contributed by atoms with Gasteiger partial charge < -0.3 is 0 Å². The molecule has 0 spiro atoms. The zero-order valence-corrected chi connectivity index (χ0v) is 13.7. The molecule has 0 radical (unpaired) electrons. The van der Waals surface area contributed by atoms with Gasteiger partial charge in [0.1, 0.15) is 0 Å². The first-order valence-electron chi connectivity index (χ1n) is 8.63. The van der Waals surface area contributed by atoms with Crippen LogP contribution in [0.25, 0.3) is 0 Å². The molecule has 0 heteroatoms. The Morgan fingerprint density at radius 3 is 2.63 bits per heavy atom. The van der Waals surface area contributed by atoms with Crippen molar-refractivity contribution in [2.24, 2.45) is 29.1 Å². The third-order valence-corrected chi connectivity index (χ3v) is 6.62. The van der Waals surface area contributed by atoms with Crippen LogP contribution in [-0.2, 0) is 0 Å². The molecule has 0 heterocycles. The highest BCUT2D eigenvalue weighted by molar-refractivity contribution is 5.01. The van der Waals surface area contributed by atoms with Crippen LogP contribution in [-0.4, -0.2) is 0 Å². The van der Waals surface area contributed by atoms with E-state index in [1.165, 1.54) is 56.9 Å². The first kappa shape index (κ1) is 15.1. The van der Waals surface area contributed by atoms with Gasteiger partial charge in [-0.2, -0.15) is 0 Å². The Morgan fingerprint density at radius 2 is 2.00 bits per heavy atom. The van der Waals surface area contributed by atoms with Crippen molar-refractivity contribution < 1.29 is 0 Å². The number of allylic oxidation sites excluding steroid dienone is 1. The normalized spacial score (nSPS) is 42.1. The lowest BCUT2D eigenvalue weighted by Gasteiger charge is -2.48. The van der Waals surface area contributed by atoms with Crippen molar-refractivity contribution in [2.75, 3.05) is 0 Å². The SMILES string of the molecule is C=C(C)CCCC1CCC2C(CC)C(C)CCC12C. The van der Waals surface area contributed by atoms with Crippen LogP contribution in [0, 0.1) is 29.1 Å². The van der Waals surface area contributed by atoms with Crippen LogP contribution >= 0.6 is 0 Å². The molecule has 2 rings (SSSR count). The van der Waals surface area contributed by atoms with Crippen LogP contribution < -0.4 is 0 Å². The average molecular weight is 262 g/mol. The summed E-state index contributed by atoms with van der Waals surface area (Å²) in [4.78, 5) is 0. The Morgan fingerprint density at radius 1 is 1.26 bits per heavy atom. The van der Waals surface area contributed by atoms with Gasteiger partial charge in [-0.05, 0) is 81.0 Å². The second kappa shape index (κ2) is 6.02. The largest absolute Gasteiger partial charge is 0.100 e. The van der Waals surface area contributed by atoms with Gasteiger partial charge in [0.15, 0.2) is 0 Å². The molecule has 0 aromatic rings. The summed E-state index contributed by atoms with van der Waals surface area (Å²) in [5, 5.41) is 0. The van der Waals surface area contributed by atoms with Gasteiger partial charge in [0.25, 0.3) is 0 Å². The predicted molar refractivity (Wildman–Crippen MR) is 85.2 cm³/mol. The highest BCUT2D eigenvalue weighted by Gasteiger charge is 2.51. The highest BCUT2D eigenvalue weighted by Crippen LogP contribution is 2.60. The summed E-state index contributed by atoms with van der Waals surface area (Å²) in [6.07, 6.45) is 11.4. The third kappa shape index (κ3) is 2.93. The zero-order chi connectivity index (χ0) is 14.0. The van der Waals surface area contributed by atoms with Crippen molar-refractivity contribution in [3.05, 3.63) is 12.2 Å². The Labute approximate surface area is 121 Å². The molecule has 2 fully saturated rings. The lowest BCUT2D eigenvalue weighted by molar-refractivity contribution is 0.0135. The van der Waals surface area contributed by atoms with E-state index in [0.29, 0.717) is 5.41 Å². The first-order valence-corrected chi connectivity index (χ1v) is 8.63. The number of fused-ring (bicyclic) bond motifs is 1. The summed E-state index contributed by atoms with van der Waals surface area (Å²) in [5.74, 6) is 4.00. The Bertz CT molecular complexity index is 316. The van der Waals surface area contributed by atoms with Gasteiger partial charge in [-0.1, -0.05) is 32.8 Å². The minimum atomic E-state index is 0.669. The fraction of sp³-hybridized carbons (Fsp3) is 0.895. The lowest BCUT2D eigenvalue weighted by Crippen LogP contribution is -2.40. The molecule has 0 amide bonds. The van der Waals surface area contributed by atoms with Gasteiger partial charge in [0, 0.05) is 0 Å². The van der Waals surface area contributed by atoms with E-state index in [2.05, 4.69) is 34.3 Å². The molecule has 5 unspecified atom stereocenters. The van der Waals surface area contributed by atoms with E-state index in [1.54, 1.807) is 0 Å². The molecule has 0 aromatic carbocycles. The molecule has 0 aliphatic heterocycles. The maximum Gasteiger partial charge on any atom is -0.0266 e. The van der Waals surface area contributed by atoms with Crippen molar-refractivity contribution in [3.63, 3.8) is 0 Å². The van der Waals surface area contributed by atoms with Gasteiger partial charge in [-0.3, -0.25) is 0 Å². The van der Waals surface area contributed by atoms with Gasteiger partial charge in [0.2, 0.25) is 0 Å². The molecule has 2 saturated carbocycles. The van der Waals surface area contributed by atoms with Crippen molar-refractivity contribution in [2.45, 2.75) is 79.1 Å². The molecule has 2 aliphatic rings. The quantitative estimate of drug-likeness (QED) is 0.516. The van der Waals surface area contributed by atoms with E-state index in [0.717, 1.165) is 23.7 Å². The summed E-state index contributed by atoms with van der Waals surface area (Å²) >= 11 is 0. The molecule has 0 bridgehead atoms. The average Bonchev–Trinajstić information content (AvgIpc) is 2.67. The molecule has 0 aromatic heterocycles. The molecule has 5 atom stereocenters. The molecule has 0 nitrogen and oxygen atoms in total. The first-order chi connectivity index (χ1) is 8.99. The van der Waals surface area contributed by atoms with Crippen LogP contribution in [0.5, 0.6) is 0 Å². The molecule has 110 valence electrons. The molecule has 2 aliphatic carbocycles. The summed E-state index contributed by atoms with van der Waals surface area (Å²) < 4.78 is 0. The molecule has 0 N–H and O–H groups in total. The Balaban J connectivity index is 2.00. The maximum atomic E-state index is 4.05. The lowest BCUT2D eigenvalue weighted by atomic mass is 9.57. The predicted octanol–water partition coefficient (Wildman–Crippen LogP) is 6.22. The van der Waals surface area contributed by atoms with E-state index in [4.69, 9.17) is 0 Å². The van der Waals surface area contributed by atoms with Crippen LogP contribution in [0.3, 0.4) is 0 Å². The molecule has 19 heavy (non-hydrogen) atoms. The fourth-order valence-electron chi connectivity index (χ4n) is 5.40. The van der Waals surface area contributed by atoms with Gasteiger partial charge in [-0.15, -0.1) is 6.58 Å². The number of hydrogen-bond donors (Lipinski definition) is 0. The minimum absolute atomic E-state index is 0.669. The van der Waals surface area contributed by atoms with Gasteiger partial charge in [0.05, 0.1) is 0 Å². The zero-order valence-electron chi connectivity index (χ0n) is 13.7. The fourth-order valence-corrected chi connectivity index (χ4v) is 5.40. The van der Waals surface area contributed by atoms with E-state index < -0.39 is 0 Å². The van der Waals surface area contributed by atoms with Crippen molar-refractivity contribution in [3.8, 4) is 0 Å². The van der Waals surface area contributed by atoms with E-state index in [9.17, 15) is 0 Å². The maximum absolute atomic E-state index is 4.05. The summed E-state index contributed by atoms with van der Waals surface area (Å²) in [6.45, 7) is 13.8. The van der Waals surface area contributed by atoms with Crippen LogP contribution in [0.4, 0.5) is 0 Å². The molecular weight excluding hydrogens is 228 g/mol. The van der Waals surface area contributed by atoms with Crippen molar-refractivity contribution in [1.29, 1.82) is 0 Å². The van der Waals surface area contributed by atoms with Crippen LogP contribution in [0.15, 0.2) is 12.2 Å². The smallest absolute Gasteiger partial charge is 0.0266 e. The molecular formula is C19H34. The summed E-state index contributed by atoms with van der Waals surface area (Å²) in [6, 6.07) is 0. The van der Waals surface area contributed by atoms with E-state index in [-0.39, 0.29) is 0 Å².